The Morgan fingerprint density at radius 3 is 2.72 bits per heavy atom. The Labute approximate surface area is 120 Å². The Kier molecular flexibility index (Phi) is 5.40. The molecular formula is C15H22ClNS. The molecule has 1 N–H and O–H groups in total. The van der Waals surface area contributed by atoms with Gasteiger partial charge >= 0.3 is 0 Å². The molecule has 0 radical (unpaired) electrons. The number of hydrogen-bond acceptors (Lipinski definition) is 2. The van der Waals surface area contributed by atoms with Crippen LogP contribution in [0.15, 0.2) is 24.3 Å². The third-order valence-electron chi connectivity index (χ3n) is 3.82. The molecule has 1 unspecified atom stereocenters. The lowest BCUT2D eigenvalue weighted by molar-refractivity contribution is 0.269. The van der Waals surface area contributed by atoms with Gasteiger partial charge in [0.1, 0.15) is 0 Å². The molecule has 1 saturated carbocycles. The van der Waals surface area contributed by atoms with Gasteiger partial charge in [-0.1, -0.05) is 36.7 Å². The summed E-state index contributed by atoms with van der Waals surface area (Å²) in [6.45, 7) is 2.26. The van der Waals surface area contributed by atoms with Gasteiger partial charge in [-0.25, -0.2) is 0 Å². The highest BCUT2D eigenvalue weighted by atomic mass is 35.5. The summed E-state index contributed by atoms with van der Waals surface area (Å²) < 4.78 is 0. The van der Waals surface area contributed by atoms with E-state index in [1.807, 2.05) is 23.9 Å². The molecule has 1 aromatic carbocycles. The minimum absolute atomic E-state index is 0.656. The van der Waals surface area contributed by atoms with E-state index < -0.39 is 0 Å². The van der Waals surface area contributed by atoms with Crippen LogP contribution in [0.1, 0.15) is 37.7 Å². The highest BCUT2D eigenvalue weighted by Gasteiger charge is 2.32. The summed E-state index contributed by atoms with van der Waals surface area (Å²) in [6.07, 6.45) is 5.86. The Balaban J connectivity index is 1.82. The maximum absolute atomic E-state index is 6.24. The van der Waals surface area contributed by atoms with Crippen LogP contribution in [0.4, 0.5) is 0 Å². The molecule has 1 aromatic rings. The molecule has 2 rings (SSSR count). The number of rotatable bonds is 6. The zero-order chi connectivity index (χ0) is 13.0. The van der Waals surface area contributed by atoms with E-state index in [2.05, 4.69) is 30.6 Å². The highest BCUT2D eigenvalue weighted by Crippen LogP contribution is 2.40. The lowest BCUT2D eigenvalue weighted by Gasteiger charge is -2.39. The second kappa shape index (κ2) is 6.83. The van der Waals surface area contributed by atoms with Gasteiger partial charge in [0.15, 0.2) is 0 Å². The van der Waals surface area contributed by atoms with Crippen molar-refractivity contribution in [3.63, 3.8) is 0 Å². The molecule has 1 atom stereocenters. The molecule has 0 bridgehead atoms. The van der Waals surface area contributed by atoms with Crippen LogP contribution in [0, 0.1) is 0 Å². The fraction of sp³-hybridized carbons (Fsp3) is 0.600. The van der Waals surface area contributed by atoms with Gasteiger partial charge in [-0.15, -0.1) is 0 Å². The third-order valence-corrected chi connectivity index (χ3v) is 4.90. The Bertz CT molecular complexity index is 377. The van der Waals surface area contributed by atoms with E-state index in [4.69, 9.17) is 11.6 Å². The van der Waals surface area contributed by atoms with Gasteiger partial charge < -0.3 is 5.32 Å². The summed E-state index contributed by atoms with van der Waals surface area (Å²) in [5.41, 5.74) is 1.33. The highest BCUT2D eigenvalue weighted by molar-refractivity contribution is 7.98. The van der Waals surface area contributed by atoms with Gasteiger partial charge in [-0.3, -0.25) is 0 Å². The number of hydrogen-bond donors (Lipinski definition) is 1. The number of halogens is 1. The molecule has 1 aliphatic carbocycles. The molecule has 1 aliphatic rings. The fourth-order valence-electron chi connectivity index (χ4n) is 2.63. The normalized spacial score (nSPS) is 24.6. The van der Waals surface area contributed by atoms with Crippen LogP contribution in [-0.4, -0.2) is 24.1 Å². The first-order valence-corrected chi connectivity index (χ1v) is 8.51. The molecule has 100 valence electrons. The van der Waals surface area contributed by atoms with Gasteiger partial charge in [0, 0.05) is 22.9 Å². The average molecular weight is 284 g/mol. The molecule has 1 fully saturated rings. The molecule has 0 amide bonds. The predicted octanol–water partition coefficient (Wildman–Crippen LogP) is 4.32. The Hall–Kier alpha value is -0.180. The second-order valence-corrected chi connectivity index (χ2v) is 6.43. The number of benzene rings is 1. The first-order valence-electron chi connectivity index (χ1n) is 6.74. The van der Waals surface area contributed by atoms with E-state index in [0.717, 1.165) is 5.02 Å². The minimum atomic E-state index is 0.656. The van der Waals surface area contributed by atoms with Crippen molar-refractivity contribution < 1.29 is 0 Å². The van der Waals surface area contributed by atoms with Crippen molar-refractivity contribution >= 4 is 23.4 Å². The van der Waals surface area contributed by atoms with Crippen molar-refractivity contribution in [3.8, 4) is 0 Å². The minimum Gasteiger partial charge on any atom is -0.310 e. The summed E-state index contributed by atoms with van der Waals surface area (Å²) in [5, 5.41) is 4.69. The van der Waals surface area contributed by atoms with E-state index in [0.29, 0.717) is 18.0 Å². The monoisotopic (exact) mass is 283 g/mol. The maximum atomic E-state index is 6.24. The summed E-state index contributed by atoms with van der Waals surface area (Å²) in [4.78, 5) is 0. The first kappa shape index (κ1) is 14.2. The van der Waals surface area contributed by atoms with Gasteiger partial charge in [0.2, 0.25) is 0 Å². The average Bonchev–Trinajstić information content (AvgIpc) is 2.33. The summed E-state index contributed by atoms with van der Waals surface area (Å²) in [7, 11) is 0. The zero-order valence-corrected chi connectivity index (χ0v) is 12.7. The standard InChI is InChI=1S/C15H22ClNS/c1-3-12(10-18-2)17-13-8-11(9-13)14-6-4-5-7-15(14)16/h4-7,11-13,17H,3,8-10H2,1-2H3. The summed E-state index contributed by atoms with van der Waals surface area (Å²) >= 11 is 8.17. The predicted molar refractivity (Wildman–Crippen MR) is 82.8 cm³/mol. The van der Waals surface area contributed by atoms with Crippen molar-refractivity contribution in [1.29, 1.82) is 0 Å². The van der Waals surface area contributed by atoms with Crippen molar-refractivity contribution in [2.75, 3.05) is 12.0 Å². The number of thioether (sulfide) groups is 1. The van der Waals surface area contributed by atoms with E-state index in [1.165, 1.54) is 30.6 Å². The fourth-order valence-corrected chi connectivity index (χ4v) is 3.66. The first-order chi connectivity index (χ1) is 8.74. The molecule has 0 aromatic heterocycles. The van der Waals surface area contributed by atoms with Crippen LogP contribution in [0.2, 0.25) is 5.02 Å². The van der Waals surface area contributed by atoms with Crippen LogP contribution >= 0.6 is 23.4 Å². The summed E-state index contributed by atoms with van der Waals surface area (Å²) in [5.74, 6) is 1.87. The molecule has 0 heterocycles. The molecule has 0 aliphatic heterocycles. The molecule has 0 saturated heterocycles. The van der Waals surface area contributed by atoms with Crippen molar-refractivity contribution in [1.82, 2.24) is 5.32 Å². The largest absolute Gasteiger partial charge is 0.310 e. The van der Waals surface area contributed by atoms with E-state index in [9.17, 15) is 0 Å². The van der Waals surface area contributed by atoms with Gasteiger partial charge in [-0.2, -0.15) is 11.8 Å². The van der Waals surface area contributed by atoms with Crippen LogP contribution in [0.3, 0.4) is 0 Å². The lowest BCUT2D eigenvalue weighted by Crippen LogP contribution is -2.46. The second-order valence-electron chi connectivity index (χ2n) is 5.11. The lowest BCUT2D eigenvalue weighted by atomic mass is 9.75. The third kappa shape index (κ3) is 3.43. The SMILES string of the molecule is CCC(CSC)NC1CC(c2ccccc2Cl)C1. The van der Waals surface area contributed by atoms with Crippen molar-refractivity contribution in [3.05, 3.63) is 34.9 Å². The zero-order valence-electron chi connectivity index (χ0n) is 11.2. The molecule has 18 heavy (non-hydrogen) atoms. The quantitative estimate of drug-likeness (QED) is 0.835. The molecular weight excluding hydrogens is 262 g/mol. The topological polar surface area (TPSA) is 12.0 Å². The molecule has 3 heteroatoms. The van der Waals surface area contributed by atoms with Crippen LogP contribution < -0.4 is 5.32 Å². The summed E-state index contributed by atoms with van der Waals surface area (Å²) in [6, 6.07) is 9.61. The smallest absolute Gasteiger partial charge is 0.0440 e. The van der Waals surface area contributed by atoms with Crippen LogP contribution in [0.25, 0.3) is 0 Å². The Morgan fingerprint density at radius 1 is 1.39 bits per heavy atom. The van der Waals surface area contributed by atoms with Crippen LogP contribution in [-0.2, 0) is 0 Å². The number of nitrogens with one attached hydrogen (secondary N) is 1. The van der Waals surface area contributed by atoms with Crippen molar-refractivity contribution in [2.24, 2.45) is 0 Å². The van der Waals surface area contributed by atoms with Gasteiger partial charge in [0.05, 0.1) is 0 Å². The van der Waals surface area contributed by atoms with Crippen molar-refractivity contribution in [2.45, 2.75) is 44.2 Å². The van der Waals surface area contributed by atoms with Gasteiger partial charge in [-0.05, 0) is 43.1 Å². The van der Waals surface area contributed by atoms with E-state index >= 15 is 0 Å². The maximum Gasteiger partial charge on any atom is 0.0440 e. The van der Waals surface area contributed by atoms with E-state index in [-0.39, 0.29) is 0 Å². The van der Waals surface area contributed by atoms with Gasteiger partial charge in [0.25, 0.3) is 0 Å². The Morgan fingerprint density at radius 2 is 2.11 bits per heavy atom. The molecule has 0 spiro atoms. The molecule has 1 nitrogen and oxygen atoms in total. The van der Waals surface area contributed by atoms with E-state index in [1.54, 1.807) is 0 Å². The van der Waals surface area contributed by atoms with Crippen LogP contribution in [0.5, 0.6) is 0 Å².